The number of nitrogens with zero attached hydrogens (tertiary/aromatic N) is 1. The minimum absolute atomic E-state index is 0.0228. The van der Waals surface area contributed by atoms with Gasteiger partial charge in [0.05, 0.1) is 16.3 Å². The first-order valence-corrected chi connectivity index (χ1v) is 10.5. The van der Waals surface area contributed by atoms with Crippen LogP contribution in [0.4, 0.5) is 13.2 Å². The monoisotopic (exact) mass is 466 g/mol. The van der Waals surface area contributed by atoms with Crippen LogP contribution in [0, 0.1) is 6.92 Å². The number of rotatable bonds is 9. The molecule has 3 rings (SSSR count). The van der Waals surface area contributed by atoms with Gasteiger partial charge in [-0.2, -0.15) is 13.2 Å². The first-order chi connectivity index (χ1) is 15.2. The summed E-state index contributed by atoms with van der Waals surface area (Å²) >= 11 is 1.52. The second kappa shape index (κ2) is 10.5. The van der Waals surface area contributed by atoms with Gasteiger partial charge in [0.25, 0.3) is 5.91 Å². The van der Waals surface area contributed by atoms with E-state index in [9.17, 15) is 23.1 Å². The zero-order valence-corrected chi connectivity index (χ0v) is 17.9. The third-order valence-corrected chi connectivity index (χ3v) is 5.07. The standard InChI is InChI=1S/C22H21F3N2O4S/c1-14-27-17(13-32-14)11-30-19-6-2-4-15(8-19)21(29)26-10-18(28)12-31-20-7-3-5-16(9-20)22(23,24)25/h2-9,13,18,28H,10-12H2,1H3,(H,26,29). The average Bonchev–Trinajstić information content (AvgIpc) is 3.19. The molecule has 0 bridgehead atoms. The zero-order valence-electron chi connectivity index (χ0n) is 17.1. The van der Waals surface area contributed by atoms with Crippen LogP contribution in [-0.4, -0.2) is 35.3 Å². The number of benzene rings is 2. The number of hydrogen-bond donors (Lipinski definition) is 2. The van der Waals surface area contributed by atoms with Crippen LogP contribution in [-0.2, 0) is 12.8 Å². The average molecular weight is 466 g/mol. The maximum Gasteiger partial charge on any atom is 0.416 e. The lowest BCUT2D eigenvalue weighted by molar-refractivity contribution is -0.137. The predicted molar refractivity (Wildman–Crippen MR) is 113 cm³/mol. The van der Waals surface area contributed by atoms with Crippen LogP contribution in [0.5, 0.6) is 11.5 Å². The lowest BCUT2D eigenvalue weighted by Crippen LogP contribution is -2.35. The Hall–Kier alpha value is -3.11. The molecule has 1 unspecified atom stereocenters. The number of nitrogens with one attached hydrogen (secondary N) is 1. The summed E-state index contributed by atoms with van der Waals surface area (Å²) in [7, 11) is 0. The highest BCUT2D eigenvalue weighted by Gasteiger charge is 2.30. The number of ether oxygens (including phenoxy) is 2. The van der Waals surface area contributed by atoms with Crippen molar-refractivity contribution in [1.82, 2.24) is 10.3 Å². The molecule has 0 aliphatic carbocycles. The molecule has 2 aromatic carbocycles. The summed E-state index contributed by atoms with van der Waals surface area (Å²) in [4.78, 5) is 16.7. The number of aryl methyl sites for hydroxylation is 1. The summed E-state index contributed by atoms with van der Waals surface area (Å²) < 4.78 is 49.1. The van der Waals surface area contributed by atoms with Gasteiger partial charge in [-0.1, -0.05) is 12.1 Å². The third-order valence-electron chi connectivity index (χ3n) is 4.25. The number of alkyl halides is 3. The van der Waals surface area contributed by atoms with Crippen molar-refractivity contribution in [2.45, 2.75) is 25.8 Å². The molecule has 1 amide bonds. The van der Waals surface area contributed by atoms with Crippen LogP contribution >= 0.6 is 11.3 Å². The first-order valence-electron chi connectivity index (χ1n) is 9.61. The maximum absolute atomic E-state index is 12.7. The van der Waals surface area contributed by atoms with E-state index in [1.807, 2.05) is 12.3 Å². The third kappa shape index (κ3) is 6.96. The van der Waals surface area contributed by atoms with E-state index in [4.69, 9.17) is 9.47 Å². The molecule has 1 heterocycles. The molecule has 0 radical (unpaired) electrons. The van der Waals surface area contributed by atoms with Crippen molar-refractivity contribution in [3.63, 3.8) is 0 Å². The molecule has 1 aromatic heterocycles. The molecular formula is C22H21F3N2O4S. The smallest absolute Gasteiger partial charge is 0.416 e. The van der Waals surface area contributed by atoms with Gasteiger partial charge in [0.15, 0.2) is 0 Å². The van der Waals surface area contributed by atoms with Gasteiger partial charge in [0.2, 0.25) is 0 Å². The second-order valence-corrected chi connectivity index (χ2v) is 7.94. The quantitative estimate of drug-likeness (QED) is 0.494. The first kappa shape index (κ1) is 23.6. The lowest BCUT2D eigenvalue weighted by Gasteiger charge is -2.15. The molecule has 0 saturated carbocycles. The number of amides is 1. The number of carbonyl (C=O) groups excluding carboxylic acids is 1. The van der Waals surface area contributed by atoms with Gasteiger partial charge >= 0.3 is 6.18 Å². The van der Waals surface area contributed by atoms with E-state index in [1.165, 1.54) is 23.5 Å². The molecule has 0 saturated heterocycles. The normalized spacial score (nSPS) is 12.3. The van der Waals surface area contributed by atoms with Crippen LogP contribution in [0.15, 0.2) is 53.9 Å². The van der Waals surface area contributed by atoms with Crippen LogP contribution in [0.25, 0.3) is 0 Å². The number of carbonyl (C=O) groups is 1. The van der Waals surface area contributed by atoms with Crippen LogP contribution in [0.3, 0.4) is 0 Å². The number of halogens is 3. The zero-order chi connectivity index (χ0) is 23.1. The highest BCUT2D eigenvalue weighted by molar-refractivity contribution is 7.09. The molecule has 1 atom stereocenters. The fraction of sp³-hybridized carbons (Fsp3) is 0.273. The Morgan fingerprint density at radius 3 is 2.56 bits per heavy atom. The number of aliphatic hydroxyl groups is 1. The van der Waals surface area contributed by atoms with E-state index in [1.54, 1.807) is 24.3 Å². The summed E-state index contributed by atoms with van der Waals surface area (Å²) in [5.41, 5.74) is 0.291. The van der Waals surface area contributed by atoms with Crippen molar-refractivity contribution in [1.29, 1.82) is 0 Å². The van der Waals surface area contributed by atoms with Crippen molar-refractivity contribution < 1.29 is 32.5 Å². The molecular weight excluding hydrogens is 445 g/mol. The van der Waals surface area contributed by atoms with Crippen molar-refractivity contribution in [2.24, 2.45) is 0 Å². The topological polar surface area (TPSA) is 80.7 Å². The molecule has 10 heteroatoms. The van der Waals surface area contributed by atoms with Gasteiger partial charge < -0.3 is 19.9 Å². The van der Waals surface area contributed by atoms with E-state index in [-0.39, 0.29) is 25.5 Å². The number of hydrogen-bond acceptors (Lipinski definition) is 6. The van der Waals surface area contributed by atoms with E-state index in [2.05, 4.69) is 10.3 Å². The predicted octanol–water partition coefficient (Wildman–Crippen LogP) is 4.22. The molecule has 6 nitrogen and oxygen atoms in total. The Labute approximate surface area is 186 Å². The van der Waals surface area contributed by atoms with Gasteiger partial charge in [-0.05, 0) is 43.3 Å². The Kier molecular flexibility index (Phi) is 7.70. The van der Waals surface area contributed by atoms with E-state index >= 15 is 0 Å². The van der Waals surface area contributed by atoms with Crippen molar-refractivity contribution >= 4 is 17.2 Å². The van der Waals surface area contributed by atoms with Crippen LogP contribution in [0.2, 0.25) is 0 Å². The minimum atomic E-state index is -4.48. The van der Waals surface area contributed by atoms with E-state index in [0.29, 0.717) is 11.3 Å². The SMILES string of the molecule is Cc1nc(COc2cccc(C(=O)NCC(O)COc3cccc(C(F)(F)F)c3)c2)cs1. The van der Waals surface area contributed by atoms with Gasteiger partial charge in [0.1, 0.15) is 30.8 Å². The van der Waals surface area contributed by atoms with Crippen LogP contribution < -0.4 is 14.8 Å². The molecule has 0 fully saturated rings. The van der Waals surface area contributed by atoms with Gasteiger partial charge in [-0.15, -0.1) is 11.3 Å². The minimum Gasteiger partial charge on any atom is -0.491 e. The van der Waals surface area contributed by atoms with Gasteiger partial charge in [-0.25, -0.2) is 4.98 Å². The molecule has 2 N–H and O–H groups in total. The van der Waals surface area contributed by atoms with Crippen molar-refractivity contribution in [3.05, 3.63) is 75.7 Å². The molecule has 32 heavy (non-hydrogen) atoms. The summed E-state index contributed by atoms with van der Waals surface area (Å²) in [6, 6.07) is 10.9. The lowest BCUT2D eigenvalue weighted by atomic mass is 10.2. The van der Waals surface area contributed by atoms with Crippen molar-refractivity contribution in [3.8, 4) is 11.5 Å². The van der Waals surface area contributed by atoms with Crippen LogP contribution in [0.1, 0.15) is 26.6 Å². The largest absolute Gasteiger partial charge is 0.491 e. The Bertz CT molecular complexity index is 1060. The molecule has 0 aliphatic rings. The number of aromatic nitrogens is 1. The fourth-order valence-corrected chi connectivity index (χ4v) is 3.28. The Morgan fingerprint density at radius 1 is 1.16 bits per heavy atom. The Balaban J connectivity index is 1.46. The maximum atomic E-state index is 12.7. The fourth-order valence-electron chi connectivity index (χ4n) is 2.69. The summed E-state index contributed by atoms with van der Waals surface area (Å²) in [5.74, 6) is 0.0418. The number of thiazole rings is 1. The highest BCUT2D eigenvalue weighted by Crippen LogP contribution is 2.31. The Morgan fingerprint density at radius 2 is 1.88 bits per heavy atom. The second-order valence-electron chi connectivity index (χ2n) is 6.87. The summed E-state index contributed by atoms with van der Waals surface area (Å²) in [5, 5.41) is 15.4. The van der Waals surface area contributed by atoms with Crippen molar-refractivity contribution in [2.75, 3.05) is 13.2 Å². The molecule has 3 aromatic rings. The highest BCUT2D eigenvalue weighted by atomic mass is 32.1. The molecule has 0 aliphatic heterocycles. The van der Waals surface area contributed by atoms with Gasteiger partial charge in [0, 0.05) is 17.5 Å². The summed E-state index contributed by atoms with van der Waals surface area (Å²) in [6.07, 6.45) is -5.59. The summed E-state index contributed by atoms with van der Waals surface area (Å²) in [6.45, 7) is 1.76. The molecule has 170 valence electrons. The number of aliphatic hydroxyl groups excluding tert-OH is 1. The molecule has 0 spiro atoms. The van der Waals surface area contributed by atoms with E-state index < -0.39 is 23.8 Å². The van der Waals surface area contributed by atoms with Gasteiger partial charge in [-0.3, -0.25) is 4.79 Å². The van der Waals surface area contributed by atoms with E-state index in [0.717, 1.165) is 22.8 Å².